The number of ether oxygens (including phenoxy) is 3. The van der Waals surface area contributed by atoms with Crippen molar-refractivity contribution in [2.75, 3.05) is 26.4 Å². The lowest BCUT2D eigenvalue weighted by Crippen LogP contribution is -2.59. The molecule has 1 atom stereocenters. The summed E-state index contributed by atoms with van der Waals surface area (Å²) in [4.78, 5) is 14.1. The number of rotatable bonds is 7. The van der Waals surface area contributed by atoms with Gasteiger partial charge in [0.2, 0.25) is 5.91 Å². The first kappa shape index (κ1) is 16.4. The van der Waals surface area contributed by atoms with E-state index in [2.05, 4.69) is 0 Å². The fourth-order valence-corrected chi connectivity index (χ4v) is 2.64. The second kappa shape index (κ2) is 7.82. The Morgan fingerprint density at radius 1 is 1.16 bits per heavy atom. The van der Waals surface area contributed by atoms with Crippen LogP contribution in [0.15, 0.2) is 0 Å². The largest absolute Gasteiger partial charge is 0.465 e. The van der Waals surface area contributed by atoms with Crippen molar-refractivity contribution in [2.45, 2.75) is 58.9 Å². The molecule has 0 aliphatic carbocycles. The zero-order chi connectivity index (χ0) is 14.3. The van der Waals surface area contributed by atoms with E-state index in [0.29, 0.717) is 19.8 Å². The van der Waals surface area contributed by atoms with Crippen LogP contribution < -0.4 is 0 Å². The van der Waals surface area contributed by atoms with Crippen molar-refractivity contribution in [1.82, 2.24) is 4.90 Å². The van der Waals surface area contributed by atoms with Crippen LogP contribution in [0.3, 0.4) is 0 Å². The van der Waals surface area contributed by atoms with Gasteiger partial charge in [-0.3, -0.25) is 4.79 Å². The Kier molecular flexibility index (Phi) is 6.75. The SMILES string of the molecule is CCOC(=O)C1CCCCN1C(C)(OCC)OCC. The van der Waals surface area contributed by atoms with Crippen LogP contribution in [0.1, 0.15) is 47.0 Å². The van der Waals surface area contributed by atoms with E-state index in [1.807, 2.05) is 32.6 Å². The Morgan fingerprint density at radius 3 is 2.32 bits per heavy atom. The standard InChI is InChI=1S/C14H27NO4/c1-5-17-13(16)12-10-8-9-11-15(12)14(4,18-6-2)19-7-3/h12H,5-11H2,1-4H3. The summed E-state index contributed by atoms with van der Waals surface area (Å²) in [5.41, 5.74) is 0. The summed E-state index contributed by atoms with van der Waals surface area (Å²) in [5.74, 6) is -1.02. The lowest BCUT2D eigenvalue weighted by atomic mass is 10.0. The fourth-order valence-electron chi connectivity index (χ4n) is 2.64. The number of carbonyl (C=O) groups is 1. The van der Waals surface area contributed by atoms with Gasteiger partial charge in [0, 0.05) is 26.7 Å². The number of hydrogen-bond acceptors (Lipinski definition) is 5. The van der Waals surface area contributed by atoms with Gasteiger partial charge in [-0.15, -0.1) is 0 Å². The second-order valence-electron chi connectivity index (χ2n) is 4.72. The topological polar surface area (TPSA) is 48.0 Å². The maximum atomic E-state index is 12.1. The summed E-state index contributed by atoms with van der Waals surface area (Å²) in [6, 6.07) is -0.267. The van der Waals surface area contributed by atoms with Crippen molar-refractivity contribution >= 4 is 5.97 Å². The summed E-state index contributed by atoms with van der Waals surface area (Å²) in [7, 11) is 0. The van der Waals surface area contributed by atoms with Crippen molar-refractivity contribution in [3.63, 3.8) is 0 Å². The van der Waals surface area contributed by atoms with Crippen LogP contribution in [0.2, 0.25) is 0 Å². The number of carbonyl (C=O) groups excluding carboxylic acids is 1. The van der Waals surface area contributed by atoms with E-state index in [-0.39, 0.29) is 12.0 Å². The maximum Gasteiger partial charge on any atom is 0.323 e. The van der Waals surface area contributed by atoms with Gasteiger partial charge in [0.1, 0.15) is 6.04 Å². The van der Waals surface area contributed by atoms with Gasteiger partial charge in [-0.1, -0.05) is 6.42 Å². The summed E-state index contributed by atoms with van der Waals surface area (Å²) in [6.45, 7) is 9.86. The third kappa shape index (κ3) is 4.16. The normalized spacial score (nSPS) is 21.4. The molecule has 1 unspecified atom stereocenters. The van der Waals surface area contributed by atoms with Gasteiger partial charge in [0.05, 0.1) is 6.61 Å². The molecule has 0 aromatic rings. The molecule has 0 aromatic heterocycles. The quantitative estimate of drug-likeness (QED) is 0.525. The van der Waals surface area contributed by atoms with E-state index < -0.39 is 5.91 Å². The van der Waals surface area contributed by atoms with Gasteiger partial charge >= 0.3 is 5.97 Å². The lowest BCUT2D eigenvalue weighted by molar-refractivity contribution is -0.315. The minimum absolute atomic E-state index is 0.173. The van der Waals surface area contributed by atoms with Crippen LogP contribution >= 0.6 is 0 Å². The summed E-state index contributed by atoms with van der Waals surface area (Å²) < 4.78 is 16.7. The zero-order valence-corrected chi connectivity index (χ0v) is 12.6. The molecule has 0 spiro atoms. The molecule has 5 nitrogen and oxygen atoms in total. The summed E-state index contributed by atoms with van der Waals surface area (Å²) in [6.07, 6.45) is 2.88. The van der Waals surface area contributed by atoms with Gasteiger partial charge < -0.3 is 14.2 Å². The van der Waals surface area contributed by atoms with Crippen molar-refractivity contribution < 1.29 is 19.0 Å². The number of nitrogens with zero attached hydrogens (tertiary/aromatic N) is 1. The van der Waals surface area contributed by atoms with Gasteiger partial charge in [0.25, 0.3) is 0 Å². The van der Waals surface area contributed by atoms with Gasteiger partial charge in [-0.25, -0.2) is 4.90 Å². The smallest absolute Gasteiger partial charge is 0.323 e. The Morgan fingerprint density at radius 2 is 1.79 bits per heavy atom. The molecule has 1 fully saturated rings. The van der Waals surface area contributed by atoms with Gasteiger partial charge in [0.15, 0.2) is 0 Å². The maximum absolute atomic E-state index is 12.1. The van der Waals surface area contributed by atoms with Gasteiger partial charge in [-0.05, 0) is 33.6 Å². The molecular formula is C14H27NO4. The van der Waals surface area contributed by atoms with E-state index in [1.165, 1.54) is 0 Å². The van der Waals surface area contributed by atoms with E-state index in [1.54, 1.807) is 0 Å². The second-order valence-corrected chi connectivity index (χ2v) is 4.72. The van der Waals surface area contributed by atoms with Gasteiger partial charge in [-0.2, -0.15) is 0 Å². The van der Waals surface area contributed by atoms with Crippen molar-refractivity contribution in [3.05, 3.63) is 0 Å². The Bertz CT molecular complexity index is 277. The average Bonchev–Trinajstić information content (AvgIpc) is 2.39. The van der Waals surface area contributed by atoms with E-state index >= 15 is 0 Å². The molecule has 0 N–H and O–H groups in total. The molecule has 0 saturated carbocycles. The van der Waals surface area contributed by atoms with Crippen LogP contribution in [-0.2, 0) is 19.0 Å². The molecule has 1 heterocycles. The first-order valence-electron chi connectivity index (χ1n) is 7.30. The number of hydrogen-bond donors (Lipinski definition) is 0. The molecule has 1 saturated heterocycles. The third-order valence-corrected chi connectivity index (χ3v) is 3.41. The Balaban J connectivity index is 2.86. The summed E-state index contributed by atoms with van der Waals surface area (Å²) >= 11 is 0. The highest BCUT2D eigenvalue weighted by Crippen LogP contribution is 2.29. The summed E-state index contributed by atoms with van der Waals surface area (Å²) in [5, 5.41) is 0. The number of likely N-dealkylation sites (tertiary alicyclic amines) is 1. The van der Waals surface area contributed by atoms with Crippen LogP contribution in [-0.4, -0.2) is 49.2 Å². The Hall–Kier alpha value is -0.650. The monoisotopic (exact) mass is 273 g/mol. The first-order chi connectivity index (χ1) is 9.09. The molecule has 0 bridgehead atoms. The molecule has 19 heavy (non-hydrogen) atoms. The molecular weight excluding hydrogens is 246 g/mol. The molecule has 1 aliphatic rings. The lowest BCUT2D eigenvalue weighted by Gasteiger charge is -2.45. The third-order valence-electron chi connectivity index (χ3n) is 3.41. The highest BCUT2D eigenvalue weighted by atomic mass is 16.7. The minimum Gasteiger partial charge on any atom is -0.465 e. The molecule has 1 aliphatic heterocycles. The predicted octanol–water partition coefficient (Wildman–Crippen LogP) is 2.15. The molecule has 5 heteroatoms. The highest BCUT2D eigenvalue weighted by molar-refractivity contribution is 5.76. The Labute approximate surface area is 116 Å². The van der Waals surface area contributed by atoms with Crippen LogP contribution in [0.25, 0.3) is 0 Å². The van der Waals surface area contributed by atoms with Crippen molar-refractivity contribution in [2.24, 2.45) is 0 Å². The minimum atomic E-state index is -0.846. The zero-order valence-electron chi connectivity index (χ0n) is 12.6. The van der Waals surface area contributed by atoms with Crippen molar-refractivity contribution in [1.29, 1.82) is 0 Å². The van der Waals surface area contributed by atoms with Crippen LogP contribution in [0, 0.1) is 0 Å². The van der Waals surface area contributed by atoms with E-state index in [0.717, 1.165) is 25.8 Å². The van der Waals surface area contributed by atoms with Crippen LogP contribution in [0.4, 0.5) is 0 Å². The molecule has 112 valence electrons. The fraction of sp³-hybridized carbons (Fsp3) is 0.929. The van der Waals surface area contributed by atoms with E-state index in [9.17, 15) is 4.79 Å². The van der Waals surface area contributed by atoms with E-state index in [4.69, 9.17) is 14.2 Å². The van der Waals surface area contributed by atoms with Crippen LogP contribution in [0.5, 0.6) is 0 Å². The highest BCUT2D eigenvalue weighted by Gasteiger charge is 2.43. The average molecular weight is 273 g/mol. The molecule has 1 rings (SSSR count). The predicted molar refractivity (Wildman–Crippen MR) is 72.6 cm³/mol. The number of piperidine rings is 1. The molecule has 0 radical (unpaired) electrons. The molecule has 0 amide bonds. The van der Waals surface area contributed by atoms with Crippen molar-refractivity contribution in [3.8, 4) is 0 Å². The molecule has 0 aromatic carbocycles. The first-order valence-corrected chi connectivity index (χ1v) is 7.30. The number of esters is 1.